The molecule has 3 aromatic heterocycles. The molecule has 316 valence electrons. The Balaban J connectivity index is 0.000000471. The molecule has 4 heterocycles. The number of amidine groups is 1. The molecule has 5 rings (SSSR count). The van der Waals surface area contributed by atoms with Crippen molar-refractivity contribution in [2.45, 2.75) is 45.1 Å². The smallest absolute Gasteiger partial charge is 0.543 e. The summed E-state index contributed by atoms with van der Waals surface area (Å²) >= 11 is 10.9. The molecular formula is C34H38Cl2KN11O11S. The second-order valence-corrected chi connectivity index (χ2v) is 14.6. The van der Waals surface area contributed by atoms with Crippen molar-refractivity contribution >= 4 is 80.5 Å². The van der Waals surface area contributed by atoms with Crippen LogP contribution in [0.1, 0.15) is 69.1 Å². The van der Waals surface area contributed by atoms with E-state index in [1.807, 2.05) is 13.8 Å². The Morgan fingerprint density at radius 3 is 2.20 bits per heavy atom. The number of aromatic carboxylic acids is 2. The number of ether oxygens (including phenoxy) is 2. The van der Waals surface area contributed by atoms with Crippen molar-refractivity contribution in [3.8, 4) is 6.01 Å². The number of pyridine rings is 2. The van der Waals surface area contributed by atoms with Gasteiger partial charge < -0.3 is 41.7 Å². The monoisotopic (exact) mass is 917 g/mol. The van der Waals surface area contributed by atoms with Crippen LogP contribution in [-0.4, -0.2) is 93.9 Å². The number of carboxylic acid groups (broad SMARTS) is 2. The zero-order valence-corrected chi connectivity index (χ0v) is 38.7. The van der Waals surface area contributed by atoms with Gasteiger partial charge in [0.05, 0.1) is 42.0 Å². The van der Waals surface area contributed by atoms with E-state index in [-0.39, 0.29) is 126 Å². The van der Waals surface area contributed by atoms with Gasteiger partial charge in [-0.25, -0.2) is 37.5 Å². The molecule has 60 heavy (non-hydrogen) atoms. The minimum atomic E-state index is -4.36. The molecule has 3 amide bonds. The van der Waals surface area contributed by atoms with Gasteiger partial charge in [-0.3, -0.25) is 15.1 Å². The number of nitrogens with zero attached hydrogens (tertiary/aromatic N) is 6. The third-order valence-electron chi connectivity index (χ3n) is 7.73. The fourth-order valence-corrected chi connectivity index (χ4v) is 5.99. The molecule has 1 unspecified atom stereocenters. The molecule has 4 aromatic rings. The number of amides is 3. The summed E-state index contributed by atoms with van der Waals surface area (Å²) < 4.78 is 36.0. The predicted molar refractivity (Wildman–Crippen MR) is 210 cm³/mol. The first-order chi connectivity index (χ1) is 27.0. The number of anilines is 2. The number of urea groups is 1. The van der Waals surface area contributed by atoms with E-state index in [4.69, 9.17) is 33.7 Å². The summed E-state index contributed by atoms with van der Waals surface area (Å²) in [4.78, 5) is 80.4. The summed E-state index contributed by atoms with van der Waals surface area (Å²) in [6, 6.07) is 6.89. The molecule has 22 nitrogen and oxygen atoms in total. The van der Waals surface area contributed by atoms with Gasteiger partial charge in [0.2, 0.25) is 5.95 Å². The summed E-state index contributed by atoms with van der Waals surface area (Å²) in [5.74, 6) is -3.41. The standard InChI is InChI=1S/C14H15N5O6S.C14H17N3O3.C6H4Cl2N2O2.K.H3N/c1-8-15-12(18-14(16-8)25-3)17-13(21)19-26(22,23)10-7-5-4-6-9(10)11(20)24-2;1-7(2)14(4)13(20)16-11(17-14)10-9(12(18)19)5-8(3)6-15-10;7-3-1-2(9)4(8)5(10-3)6(11)12;;/h4-7H,1-3H3,(H2,15,16,17,18,19,21);5-7H,1-4H3,(H,18,19)(H,16,17,20);1H,(H2,9,10)(H,11,12);;1H3/q;;;+1;/p-1. The number of nitrogen functional groups attached to an aromatic ring is 1. The molecule has 26 heteroatoms. The fraction of sp³-hybridized carbons (Fsp3) is 0.265. The predicted octanol–water partition coefficient (Wildman–Crippen LogP) is -0.635. The van der Waals surface area contributed by atoms with Crippen LogP contribution in [0.3, 0.4) is 0 Å². The van der Waals surface area contributed by atoms with Gasteiger partial charge in [0.25, 0.3) is 15.9 Å². The molecule has 1 aromatic carbocycles. The van der Waals surface area contributed by atoms with E-state index in [1.165, 1.54) is 44.4 Å². The van der Waals surface area contributed by atoms with Gasteiger partial charge in [0, 0.05) is 6.20 Å². The zero-order valence-electron chi connectivity index (χ0n) is 33.3. The van der Waals surface area contributed by atoms with E-state index < -0.39 is 50.1 Å². The zero-order chi connectivity index (χ0) is 43.7. The number of hydrogen-bond acceptors (Lipinski definition) is 18. The van der Waals surface area contributed by atoms with Crippen LogP contribution in [-0.2, 0) is 19.6 Å². The van der Waals surface area contributed by atoms with Crippen molar-refractivity contribution in [3.63, 3.8) is 0 Å². The molecule has 1 aliphatic rings. The second-order valence-electron chi connectivity index (χ2n) is 12.2. The third kappa shape index (κ3) is 13.5. The molecule has 0 aliphatic carbocycles. The number of rotatable bonds is 9. The number of carboxylic acids is 2. The van der Waals surface area contributed by atoms with Crippen molar-refractivity contribution in [1.29, 1.82) is 0 Å². The van der Waals surface area contributed by atoms with Gasteiger partial charge in [-0.05, 0) is 56.5 Å². The van der Waals surface area contributed by atoms with Crippen molar-refractivity contribution < 1.29 is 103 Å². The number of sulfonamides is 1. The second kappa shape index (κ2) is 22.6. The normalized spacial score (nSPS) is 13.9. The molecule has 1 aliphatic heterocycles. The Hall–Kier alpha value is -4.92. The van der Waals surface area contributed by atoms with Gasteiger partial charge in [-0.15, -0.1) is 0 Å². The molecule has 0 bridgehead atoms. The average molecular weight is 919 g/mol. The molecule has 1 atom stereocenters. The van der Waals surface area contributed by atoms with E-state index in [1.54, 1.807) is 24.8 Å². The van der Waals surface area contributed by atoms with Gasteiger partial charge in [0.1, 0.15) is 32.8 Å². The number of methoxy groups -OCH3 is 2. The van der Waals surface area contributed by atoms with Crippen LogP contribution in [0.25, 0.3) is 0 Å². The molecule has 9 N–H and O–H groups in total. The van der Waals surface area contributed by atoms with Crippen LogP contribution < -0.4 is 88.5 Å². The van der Waals surface area contributed by atoms with Crippen LogP contribution in [0.5, 0.6) is 6.01 Å². The largest absolute Gasteiger partial charge is 1.00 e. The van der Waals surface area contributed by atoms with Crippen LogP contribution >= 0.6 is 23.2 Å². The van der Waals surface area contributed by atoms with Crippen molar-refractivity contribution in [2.75, 3.05) is 25.3 Å². The number of halogens is 2. The molecule has 0 saturated heterocycles. The number of aliphatic imine (C=N–C) groups is 1. The van der Waals surface area contributed by atoms with E-state index in [0.717, 1.165) is 18.7 Å². The van der Waals surface area contributed by atoms with E-state index in [9.17, 15) is 42.6 Å². The summed E-state index contributed by atoms with van der Waals surface area (Å²) in [5.41, 5.74) is 4.80. The Morgan fingerprint density at radius 1 is 1.02 bits per heavy atom. The third-order valence-corrected chi connectivity index (χ3v) is 9.71. The number of aromatic nitrogens is 5. The topological polar surface area (TPSA) is 355 Å². The number of hydrogen-bond donors (Lipinski definition) is 6. The van der Waals surface area contributed by atoms with E-state index in [2.05, 4.69) is 45.3 Å². The fourth-order valence-electron chi connectivity index (χ4n) is 4.51. The van der Waals surface area contributed by atoms with Crippen molar-refractivity contribution in [1.82, 2.24) is 41.1 Å². The maximum atomic E-state index is 12.4. The van der Waals surface area contributed by atoms with Crippen LogP contribution in [0, 0.1) is 19.8 Å². The molecule has 0 fully saturated rings. The summed E-state index contributed by atoms with van der Waals surface area (Å²) in [6.07, 6.45) is 1.56. The summed E-state index contributed by atoms with van der Waals surface area (Å²) in [6.45, 7) is 8.82. The van der Waals surface area contributed by atoms with Crippen LogP contribution in [0.2, 0.25) is 10.2 Å². The first-order valence-corrected chi connectivity index (χ1v) is 18.5. The molecular weight excluding hydrogens is 881 g/mol. The Labute approximate surface area is 395 Å². The minimum Gasteiger partial charge on any atom is -0.543 e. The molecule has 0 spiro atoms. The quantitative estimate of drug-likeness (QED) is 0.0691. The van der Waals surface area contributed by atoms with Gasteiger partial charge in [-0.1, -0.05) is 49.2 Å². The Morgan fingerprint density at radius 2 is 1.65 bits per heavy atom. The number of benzene rings is 1. The first kappa shape index (κ1) is 53.1. The average Bonchev–Trinajstić information content (AvgIpc) is 3.46. The van der Waals surface area contributed by atoms with Crippen LogP contribution in [0.15, 0.2) is 52.5 Å². The van der Waals surface area contributed by atoms with Gasteiger partial charge in [0.15, 0.2) is 5.84 Å². The number of nitrogens with two attached hydrogens (primary N) is 1. The van der Waals surface area contributed by atoms with Crippen molar-refractivity contribution in [3.05, 3.63) is 86.7 Å². The van der Waals surface area contributed by atoms with E-state index in [0.29, 0.717) is 0 Å². The Kier molecular flexibility index (Phi) is 20.0. The first-order valence-electron chi connectivity index (χ1n) is 16.3. The molecule has 0 radical (unpaired) electrons. The Bertz CT molecular complexity index is 2430. The van der Waals surface area contributed by atoms with Crippen LogP contribution in [0.4, 0.5) is 16.4 Å². The molecule has 0 saturated carbocycles. The maximum Gasteiger partial charge on any atom is 1.00 e. The minimum absolute atomic E-state index is 0. The number of carbonyl (C=O) groups is 5. The number of carbonyl (C=O) groups excluding carboxylic acids is 4. The maximum absolute atomic E-state index is 12.4. The number of aryl methyl sites for hydroxylation is 2. The SMILES string of the molecule is COC(=O)c1ccccc1S(=O)(=O)NC(=O)Nc1nc(C)nc(OC)n1.Cc1cnc(C2=NC(C)(C(C)C)C(=O)N2)c(C(=O)O)c1.N.Nc1cc(Cl)nc(C(=O)[O-])c1Cl.[K+]. The van der Waals surface area contributed by atoms with E-state index >= 15 is 0 Å². The summed E-state index contributed by atoms with van der Waals surface area (Å²) in [5, 5.41) is 24.2. The number of esters is 1. The number of nitrogens with one attached hydrogen (secondary N) is 3. The van der Waals surface area contributed by atoms with Gasteiger partial charge >= 0.3 is 75.4 Å². The summed E-state index contributed by atoms with van der Waals surface area (Å²) in [7, 11) is -1.92. The van der Waals surface area contributed by atoms with Crippen molar-refractivity contribution in [2.24, 2.45) is 10.9 Å². The van der Waals surface area contributed by atoms with Gasteiger partial charge in [-0.2, -0.15) is 15.0 Å².